The normalized spacial score (nSPS) is 12.7. The summed E-state index contributed by atoms with van der Waals surface area (Å²) in [6.45, 7) is 0. The minimum Gasteiger partial charge on any atom is -0.361 e. The molecule has 0 amide bonds. The third kappa shape index (κ3) is 2.14. The third-order valence-electron chi connectivity index (χ3n) is 3.22. The molecule has 0 aliphatic carbocycles. The summed E-state index contributed by atoms with van der Waals surface area (Å²) in [5, 5.41) is 1.22. The average molecular weight is 256 g/mol. The van der Waals surface area contributed by atoms with E-state index in [0.717, 1.165) is 11.9 Å². The minimum absolute atomic E-state index is 0.00329. The van der Waals surface area contributed by atoms with Crippen LogP contribution in [-0.2, 0) is 6.42 Å². The highest BCUT2D eigenvalue weighted by Crippen LogP contribution is 2.30. The second-order valence-corrected chi connectivity index (χ2v) is 4.97. The Bertz CT molecular complexity index is 642. The van der Waals surface area contributed by atoms with Crippen molar-refractivity contribution < 1.29 is 0 Å². The lowest BCUT2D eigenvalue weighted by atomic mass is 10.0. The molecule has 1 aromatic heterocycles. The van der Waals surface area contributed by atoms with E-state index in [1.165, 1.54) is 16.5 Å². The fraction of sp³-hybridized carbons (Fsp3) is 0.125. The average Bonchev–Trinajstić information content (AvgIpc) is 2.84. The molecule has 1 unspecified atom stereocenters. The molecule has 2 heteroatoms. The Labute approximate surface area is 111 Å². The molecule has 0 radical (unpaired) electrons. The van der Waals surface area contributed by atoms with Gasteiger partial charge in [-0.3, -0.25) is 0 Å². The number of alkyl halides is 1. The van der Waals surface area contributed by atoms with Gasteiger partial charge in [-0.25, -0.2) is 0 Å². The van der Waals surface area contributed by atoms with Crippen LogP contribution in [0.1, 0.15) is 16.5 Å². The van der Waals surface area contributed by atoms with E-state index in [1.54, 1.807) is 0 Å². The monoisotopic (exact) mass is 255 g/mol. The van der Waals surface area contributed by atoms with Crippen LogP contribution in [-0.4, -0.2) is 4.98 Å². The highest BCUT2D eigenvalue weighted by molar-refractivity contribution is 6.22. The summed E-state index contributed by atoms with van der Waals surface area (Å²) in [5.74, 6) is 0. The summed E-state index contributed by atoms with van der Waals surface area (Å²) in [5.41, 5.74) is 3.59. The number of para-hydroxylation sites is 1. The number of aromatic amines is 1. The van der Waals surface area contributed by atoms with Gasteiger partial charge in [0.1, 0.15) is 0 Å². The number of rotatable bonds is 3. The lowest BCUT2D eigenvalue weighted by molar-refractivity contribution is 0.928. The Hall–Kier alpha value is -1.73. The molecule has 0 aliphatic rings. The second-order valence-electron chi connectivity index (χ2n) is 4.45. The first-order chi connectivity index (χ1) is 8.84. The van der Waals surface area contributed by atoms with Crippen LogP contribution in [0.4, 0.5) is 0 Å². The van der Waals surface area contributed by atoms with Crippen LogP contribution in [0.15, 0.2) is 60.8 Å². The van der Waals surface area contributed by atoms with Crippen molar-refractivity contribution in [3.63, 3.8) is 0 Å². The third-order valence-corrected chi connectivity index (χ3v) is 3.61. The van der Waals surface area contributed by atoms with Gasteiger partial charge in [-0.1, -0.05) is 48.5 Å². The SMILES string of the molecule is ClC(Cc1ccccc1)c1c[nH]c2ccccc12. The van der Waals surface area contributed by atoms with Gasteiger partial charge in [0, 0.05) is 17.1 Å². The molecule has 1 nitrogen and oxygen atoms in total. The van der Waals surface area contributed by atoms with Gasteiger partial charge in [0.15, 0.2) is 0 Å². The molecule has 0 saturated heterocycles. The summed E-state index contributed by atoms with van der Waals surface area (Å²) >= 11 is 6.54. The van der Waals surface area contributed by atoms with E-state index in [1.807, 2.05) is 36.5 Å². The highest BCUT2D eigenvalue weighted by Gasteiger charge is 2.13. The largest absolute Gasteiger partial charge is 0.361 e. The van der Waals surface area contributed by atoms with Crippen LogP contribution >= 0.6 is 11.6 Å². The van der Waals surface area contributed by atoms with Gasteiger partial charge < -0.3 is 4.98 Å². The molecule has 1 atom stereocenters. The highest BCUT2D eigenvalue weighted by atomic mass is 35.5. The first-order valence-electron chi connectivity index (χ1n) is 6.08. The molecule has 3 aromatic rings. The first-order valence-corrected chi connectivity index (χ1v) is 6.52. The van der Waals surface area contributed by atoms with E-state index in [2.05, 4.69) is 29.2 Å². The molecule has 0 fully saturated rings. The number of hydrogen-bond donors (Lipinski definition) is 1. The number of hydrogen-bond acceptors (Lipinski definition) is 0. The maximum atomic E-state index is 6.54. The van der Waals surface area contributed by atoms with Crippen molar-refractivity contribution in [2.24, 2.45) is 0 Å². The number of nitrogens with one attached hydrogen (secondary N) is 1. The predicted molar refractivity (Wildman–Crippen MR) is 77.0 cm³/mol. The van der Waals surface area contributed by atoms with Gasteiger partial charge in [0.05, 0.1) is 5.38 Å². The summed E-state index contributed by atoms with van der Waals surface area (Å²) < 4.78 is 0. The van der Waals surface area contributed by atoms with Crippen LogP contribution in [0.3, 0.4) is 0 Å². The molecule has 1 N–H and O–H groups in total. The van der Waals surface area contributed by atoms with Gasteiger partial charge in [-0.15, -0.1) is 11.6 Å². The number of aromatic nitrogens is 1. The number of fused-ring (bicyclic) bond motifs is 1. The Balaban J connectivity index is 1.90. The van der Waals surface area contributed by atoms with Crippen LogP contribution in [0.2, 0.25) is 0 Å². The van der Waals surface area contributed by atoms with Crippen molar-refractivity contribution in [3.05, 3.63) is 71.9 Å². The zero-order chi connectivity index (χ0) is 12.4. The van der Waals surface area contributed by atoms with Crippen molar-refractivity contribution in [1.82, 2.24) is 4.98 Å². The molecule has 3 rings (SSSR count). The van der Waals surface area contributed by atoms with Gasteiger partial charge in [-0.2, -0.15) is 0 Å². The fourth-order valence-corrected chi connectivity index (χ4v) is 2.64. The first kappa shape index (κ1) is 11.4. The number of H-pyrrole nitrogens is 1. The van der Waals surface area contributed by atoms with Gasteiger partial charge in [-0.05, 0) is 23.6 Å². The molecular formula is C16H14ClN. The zero-order valence-electron chi connectivity index (χ0n) is 9.94. The van der Waals surface area contributed by atoms with Crippen molar-refractivity contribution in [2.75, 3.05) is 0 Å². The van der Waals surface area contributed by atoms with E-state index in [4.69, 9.17) is 11.6 Å². The quantitative estimate of drug-likeness (QED) is 0.654. The van der Waals surface area contributed by atoms with Crippen molar-refractivity contribution in [1.29, 1.82) is 0 Å². The standard InChI is InChI=1S/C16H14ClN/c17-15(10-12-6-2-1-3-7-12)14-11-18-16-9-5-4-8-13(14)16/h1-9,11,15,18H,10H2. The zero-order valence-corrected chi connectivity index (χ0v) is 10.7. The van der Waals surface area contributed by atoms with Crippen LogP contribution < -0.4 is 0 Å². The smallest absolute Gasteiger partial charge is 0.0646 e. The maximum absolute atomic E-state index is 6.54. The number of benzene rings is 2. The van der Waals surface area contributed by atoms with Gasteiger partial charge in [0.25, 0.3) is 0 Å². The Kier molecular flexibility index (Phi) is 3.07. The van der Waals surface area contributed by atoms with Crippen molar-refractivity contribution >= 4 is 22.5 Å². The van der Waals surface area contributed by atoms with Crippen LogP contribution in [0, 0.1) is 0 Å². The lowest BCUT2D eigenvalue weighted by Gasteiger charge is -2.08. The molecule has 18 heavy (non-hydrogen) atoms. The molecule has 0 spiro atoms. The molecular weight excluding hydrogens is 242 g/mol. The lowest BCUT2D eigenvalue weighted by Crippen LogP contribution is -1.94. The molecule has 0 bridgehead atoms. The van der Waals surface area contributed by atoms with E-state index in [9.17, 15) is 0 Å². The molecule has 0 aliphatic heterocycles. The summed E-state index contributed by atoms with van der Waals surface area (Å²) in [7, 11) is 0. The van der Waals surface area contributed by atoms with Crippen molar-refractivity contribution in [3.8, 4) is 0 Å². The summed E-state index contributed by atoms with van der Waals surface area (Å²) in [6, 6.07) is 18.6. The second kappa shape index (κ2) is 4.87. The molecule has 0 saturated carbocycles. The van der Waals surface area contributed by atoms with Crippen LogP contribution in [0.25, 0.3) is 10.9 Å². The summed E-state index contributed by atoms with van der Waals surface area (Å²) in [4.78, 5) is 3.27. The van der Waals surface area contributed by atoms with E-state index in [-0.39, 0.29) is 5.38 Å². The van der Waals surface area contributed by atoms with E-state index < -0.39 is 0 Å². The fourth-order valence-electron chi connectivity index (χ4n) is 2.28. The van der Waals surface area contributed by atoms with Crippen LogP contribution in [0.5, 0.6) is 0 Å². The molecule has 90 valence electrons. The van der Waals surface area contributed by atoms with Gasteiger partial charge in [0.2, 0.25) is 0 Å². The van der Waals surface area contributed by atoms with E-state index in [0.29, 0.717) is 0 Å². The van der Waals surface area contributed by atoms with Gasteiger partial charge >= 0.3 is 0 Å². The van der Waals surface area contributed by atoms with Crippen molar-refractivity contribution in [2.45, 2.75) is 11.8 Å². The van der Waals surface area contributed by atoms with E-state index >= 15 is 0 Å². The number of halogens is 1. The molecule has 2 aromatic carbocycles. The minimum atomic E-state index is 0.00329. The maximum Gasteiger partial charge on any atom is 0.0646 e. The Morgan fingerprint density at radius 1 is 0.944 bits per heavy atom. The Morgan fingerprint density at radius 3 is 2.50 bits per heavy atom. The Morgan fingerprint density at radius 2 is 1.67 bits per heavy atom. The predicted octanol–water partition coefficient (Wildman–Crippen LogP) is 4.69. The topological polar surface area (TPSA) is 15.8 Å². The summed E-state index contributed by atoms with van der Waals surface area (Å²) in [6.07, 6.45) is 2.87. The molecule has 1 heterocycles.